The third kappa shape index (κ3) is 4.33. The summed E-state index contributed by atoms with van der Waals surface area (Å²) in [5, 5.41) is 25.7. The fourth-order valence-electron chi connectivity index (χ4n) is 0.713. The normalized spacial score (nSPS) is 16.0. The first-order chi connectivity index (χ1) is 5.26. The number of hydrogen-bond donors (Lipinski definition) is 3. The van der Waals surface area contributed by atoms with Crippen LogP contribution in [0, 0.1) is 0 Å². The lowest BCUT2D eigenvalue weighted by Crippen LogP contribution is -2.32. The summed E-state index contributed by atoms with van der Waals surface area (Å²) in [6, 6.07) is 0. The minimum Gasteiger partial charge on any atom is -0.394 e. The molecule has 2 atom stereocenters. The Bertz CT molecular complexity index is 86.9. The molecule has 0 aliphatic carbocycles. The Hall–Kier alpha value is -0.135. The number of rotatable bonds is 6. The molecule has 6 heteroatoms. The van der Waals surface area contributed by atoms with E-state index in [-0.39, 0.29) is 20.4 Å². The highest BCUT2D eigenvalue weighted by atomic mass is 17.1. The van der Waals surface area contributed by atoms with Crippen LogP contribution in [0.15, 0.2) is 0 Å². The molecular formula is C5H13BO5. The van der Waals surface area contributed by atoms with E-state index in [1.807, 2.05) is 0 Å². The van der Waals surface area contributed by atoms with Gasteiger partial charge in [-0.25, -0.2) is 0 Å². The highest BCUT2D eigenvalue weighted by Crippen LogP contribution is 2.01. The van der Waals surface area contributed by atoms with Crippen molar-refractivity contribution < 1.29 is 25.0 Å². The van der Waals surface area contributed by atoms with Gasteiger partial charge in [-0.2, -0.15) is 0 Å². The van der Waals surface area contributed by atoms with Gasteiger partial charge < -0.3 is 19.8 Å². The molecule has 0 saturated heterocycles. The Balaban J connectivity index is 3.51. The molecule has 2 unspecified atom stereocenters. The largest absolute Gasteiger partial charge is 0.394 e. The molecule has 0 fully saturated rings. The maximum absolute atomic E-state index is 9.16. The van der Waals surface area contributed by atoms with Crippen LogP contribution in [0.3, 0.4) is 0 Å². The van der Waals surface area contributed by atoms with Crippen molar-refractivity contribution in [2.45, 2.75) is 18.5 Å². The van der Waals surface area contributed by atoms with Crippen molar-refractivity contribution in [1.29, 1.82) is 0 Å². The number of methoxy groups -OCH3 is 1. The summed E-state index contributed by atoms with van der Waals surface area (Å²) in [7, 11) is 1.42. The molecule has 0 aromatic carbocycles. The predicted octanol–water partition coefficient (Wildman–Crippen LogP) is -1.39. The van der Waals surface area contributed by atoms with Crippen LogP contribution in [0.25, 0.3) is 0 Å². The summed E-state index contributed by atoms with van der Waals surface area (Å²) in [4.78, 5) is 3.75. The molecule has 5 nitrogen and oxygen atoms in total. The summed E-state index contributed by atoms with van der Waals surface area (Å²) in [5.74, 6) is 0. The molecule has 3 N–H and O–H groups in total. The van der Waals surface area contributed by atoms with Crippen molar-refractivity contribution in [3.63, 3.8) is 0 Å². The Labute approximate surface area is 65.8 Å². The second kappa shape index (κ2) is 6.57. The molecule has 0 aliphatic rings. The first-order valence-electron chi connectivity index (χ1n) is 3.34. The molecule has 66 valence electrons. The minimum absolute atomic E-state index is 0.0288. The smallest absolute Gasteiger partial charge is 0.325 e. The molecule has 0 aromatic rings. The van der Waals surface area contributed by atoms with E-state index >= 15 is 0 Å². The van der Waals surface area contributed by atoms with Gasteiger partial charge in [0.1, 0.15) is 6.10 Å². The van der Waals surface area contributed by atoms with Gasteiger partial charge in [0.15, 0.2) is 0 Å². The summed E-state index contributed by atoms with van der Waals surface area (Å²) in [5.41, 5.74) is 0. The van der Waals surface area contributed by atoms with Gasteiger partial charge in [0.25, 0.3) is 0 Å². The molecule has 0 bridgehead atoms. The number of hydrogen-bond acceptors (Lipinski definition) is 5. The van der Waals surface area contributed by atoms with Gasteiger partial charge >= 0.3 is 7.48 Å². The van der Waals surface area contributed by atoms with Crippen molar-refractivity contribution >= 4 is 7.48 Å². The Kier molecular flexibility index (Phi) is 6.49. The van der Waals surface area contributed by atoms with E-state index in [4.69, 9.17) is 20.2 Å². The van der Waals surface area contributed by atoms with E-state index in [0.29, 0.717) is 0 Å². The summed E-state index contributed by atoms with van der Waals surface area (Å²) in [6.45, 7) is -0.247. The quantitative estimate of drug-likeness (QED) is 0.256. The number of aliphatic hydroxyl groups is 2. The van der Waals surface area contributed by atoms with Crippen LogP contribution >= 0.6 is 0 Å². The van der Waals surface area contributed by atoms with Crippen molar-refractivity contribution in [1.82, 2.24) is 0 Å². The first-order valence-corrected chi connectivity index (χ1v) is 3.34. The summed E-state index contributed by atoms with van der Waals surface area (Å²) < 4.78 is 4.72. The Morgan fingerprint density at radius 2 is 2.18 bits per heavy atom. The first kappa shape index (κ1) is 10.9. The van der Waals surface area contributed by atoms with Gasteiger partial charge in [-0.15, -0.1) is 0 Å². The van der Waals surface area contributed by atoms with E-state index in [2.05, 4.69) is 4.81 Å². The summed E-state index contributed by atoms with van der Waals surface area (Å²) in [6.07, 6.45) is -1.18. The van der Waals surface area contributed by atoms with Crippen LogP contribution in [0.5, 0.6) is 0 Å². The van der Waals surface area contributed by atoms with Gasteiger partial charge in [-0.05, 0) is 6.32 Å². The monoisotopic (exact) mass is 164 g/mol. The molecule has 11 heavy (non-hydrogen) atoms. The lowest BCUT2D eigenvalue weighted by molar-refractivity contribution is -0.140. The van der Waals surface area contributed by atoms with Crippen LogP contribution in [-0.4, -0.2) is 48.9 Å². The second-order valence-electron chi connectivity index (χ2n) is 2.15. The molecule has 0 saturated carbocycles. The van der Waals surface area contributed by atoms with Crippen molar-refractivity contribution in [3.8, 4) is 0 Å². The fourth-order valence-corrected chi connectivity index (χ4v) is 0.713. The topological polar surface area (TPSA) is 79.2 Å². The van der Waals surface area contributed by atoms with Gasteiger partial charge in [-0.3, -0.25) is 5.26 Å². The lowest BCUT2D eigenvalue weighted by Gasteiger charge is -2.17. The Morgan fingerprint density at radius 1 is 1.55 bits per heavy atom. The van der Waals surface area contributed by atoms with Gasteiger partial charge in [0.05, 0.1) is 12.7 Å². The van der Waals surface area contributed by atoms with Crippen LogP contribution in [-0.2, 0) is 9.54 Å². The maximum atomic E-state index is 9.16. The number of aliphatic hydroxyl groups excluding tert-OH is 2. The van der Waals surface area contributed by atoms with Crippen LogP contribution in [0.1, 0.15) is 0 Å². The Morgan fingerprint density at radius 3 is 2.55 bits per heavy atom. The van der Waals surface area contributed by atoms with E-state index in [9.17, 15) is 0 Å². The highest BCUT2D eigenvalue weighted by Gasteiger charge is 2.17. The van der Waals surface area contributed by atoms with Crippen LogP contribution in [0.4, 0.5) is 0 Å². The van der Waals surface area contributed by atoms with Crippen LogP contribution in [0.2, 0.25) is 6.32 Å². The van der Waals surface area contributed by atoms with Crippen molar-refractivity contribution in [2.24, 2.45) is 0 Å². The lowest BCUT2D eigenvalue weighted by atomic mass is 9.89. The SMILES string of the molecule is COC(CO)C(O)CBOO. The molecule has 0 aliphatic heterocycles. The van der Waals surface area contributed by atoms with E-state index < -0.39 is 12.2 Å². The molecule has 0 radical (unpaired) electrons. The zero-order valence-corrected chi connectivity index (χ0v) is 6.43. The average molecular weight is 164 g/mol. The van der Waals surface area contributed by atoms with Crippen molar-refractivity contribution in [3.05, 3.63) is 0 Å². The zero-order chi connectivity index (χ0) is 8.69. The van der Waals surface area contributed by atoms with Gasteiger partial charge in [0, 0.05) is 7.11 Å². The number of ether oxygens (including phenoxy) is 1. The predicted molar refractivity (Wildman–Crippen MR) is 39.6 cm³/mol. The third-order valence-electron chi connectivity index (χ3n) is 1.42. The van der Waals surface area contributed by atoms with E-state index in [0.717, 1.165) is 0 Å². The highest BCUT2D eigenvalue weighted by molar-refractivity contribution is 6.26. The van der Waals surface area contributed by atoms with Gasteiger partial charge in [-0.1, -0.05) is 0 Å². The van der Waals surface area contributed by atoms with Crippen LogP contribution < -0.4 is 0 Å². The molecule has 0 heterocycles. The molecule has 0 rings (SSSR count). The van der Waals surface area contributed by atoms with E-state index in [1.165, 1.54) is 7.11 Å². The molecule has 0 amide bonds. The maximum Gasteiger partial charge on any atom is 0.325 e. The average Bonchev–Trinajstić information content (AvgIpc) is 2.03. The fraction of sp³-hybridized carbons (Fsp3) is 1.00. The minimum atomic E-state index is -0.808. The molecule has 0 spiro atoms. The summed E-state index contributed by atoms with van der Waals surface area (Å²) >= 11 is 0. The van der Waals surface area contributed by atoms with Crippen molar-refractivity contribution in [2.75, 3.05) is 13.7 Å². The van der Waals surface area contributed by atoms with Gasteiger partial charge in [0.2, 0.25) is 0 Å². The second-order valence-corrected chi connectivity index (χ2v) is 2.15. The molecule has 0 aromatic heterocycles. The standard InChI is InChI=1S/C5H13BO5/c1-10-5(3-7)4(8)2-6-11-9/h4-9H,2-3H2,1H3. The van der Waals surface area contributed by atoms with E-state index in [1.54, 1.807) is 0 Å². The molecular weight excluding hydrogens is 151 g/mol. The zero-order valence-electron chi connectivity index (χ0n) is 6.43. The third-order valence-corrected chi connectivity index (χ3v) is 1.42.